The number of hydrogen-bond donors (Lipinski definition) is 2. The molecule has 0 fully saturated rings. The molecule has 0 radical (unpaired) electrons. The number of benzene rings is 1. The first-order chi connectivity index (χ1) is 9.11. The zero-order valence-corrected chi connectivity index (χ0v) is 11.5. The molecule has 0 aliphatic rings. The number of anilines is 2. The lowest BCUT2D eigenvalue weighted by molar-refractivity contribution is 0.102. The van der Waals surface area contributed by atoms with Gasteiger partial charge in [0, 0.05) is 0 Å². The summed E-state index contributed by atoms with van der Waals surface area (Å²) in [6, 6.07) is 5.06. The smallest absolute Gasteiger partial charge is 0.261 e. The molecule has 0 bridgehead atoms. The van der Waals surface area contributed by atoms with Crippen LogP contribution in [-0.4, -0.2) is 22.7 Å². The minimum absolute atomic E-state index is 0.313. The SMILES string of the molecule is CCOc1c(N)cccc1C(=O)Nc1nnc(C)s1. The summed E-state index contributed by atoms with van der Waals surface area (Å²) >= 11 is 1.31. The molecule has 0 unspecified atom stereocenters. The van der Waals surface area contributed by atoms with Gasteiger partial charge >= 0.3 is 0 Å². The van der Waals surface area contributed by atoms with Crippen LogP contribution in [0.2, 0.25) is 0 Å². The standard InChI is InChI=1S/C12H14N4O2S/c1-3-18-10-8(5-4-6-9(10)13)11(17)14-12-16-15-7(2)19-12/h4-6H,3,13H2,1-2H3,(H,14,16,17). The first-order valence-corrected chi connectivity index (χ1v) is 6.56. The van der Waals surface area contributed by atoms with Crippen LogP contribution in [0.3, 0.4) is 0 Å². The molecule has 2 aromatic rings. The Morgan fingerprint density at radius 3 is 2.89 bits per heavy atom. The molecule has 0 saturated carbocycles. The first-order valence-electron chi connectivity index (χ1n) is 5.74. The van der Waals surface area contributed by atoms with E-state index in [1.807, 2.05) is 13.8 Å². The summed E-state index contributed by atoms with van der Waals surface area (Å²) < 4.78 is 5.41. The Labute approximate surface area is 114 Å². The molecule has 0 saturated heterocycles. The highest BCUT2D eigenvalue weighted by Gasteiger charge is 2.16. The largest absolute Gasteiger partial charge is 0.491 e. The number of aryl methyl sites for hydroxylation is 1. The van der Waals surface area contributed by atoms with Crippen molar-refractivity contribution >= 4 is 28.1 Å². The Hall–Kier alpha value is -2.15. The average Bonchev–Trinajstić information content (AvgIpc) is 2.77. The predicted octanol–water partition coefficient (Wildman–Crippen LogP) is 2.08. The van der Waals surface area contributed by atoms with E-state index in [4.69, 9.17) is 10.5 Å². The molecule has 7 heteroatoms. The zero-order valence-electron chi connectivity index (χ0n) is 10.6. The Morgan fingerprint density at radius 1 is 1.47 bits per heavy atom. The summed E-state index contributed by atoms with van der Waals surface area (Å²) in [7, 11) is 0. The van der Waals surface area contributed by atoms with Crippen LogP contribution in [0.25, 0.3) is 0 Å². The van der Waals surface area contributed by atoms with Crippen LogP contribution in [0.1, 0.15) is 22.3 Å². The van der Waals surface area contributed by atoms with Gasteiger partial charge in [-0.2, -0.15) is 0 Å². The van der Waals surface area contributed by atoms with E-state index in [1.165, 1.54) is 11.3 Å². The van der Waals surface area contributed by atoms with Crippen molar-refractivity contribution in [2.45, 2.75) is 13.8 Å². The maximum atomic E-state index is 12.2. The predicted molar refractivity (Wildman–Crippen MR) is 74.6 cm³/mol. The van der Waals surface area contributed by atoms with Gasteiger partial charge in [-0.15, -0.1) is 10.2 Å². The van der Waals surface area contributed by atoms with Gasteiger partial charge in [-0.1, -0.05) is 17.4 Å². The molecule has 1 aromatic carbocycles. The molecule has 2 rings (SSSR count). The fraction of sp³-hybridized carbons (Fsp3) is 0.250. The number of nitrogen functional groups attached to an aromatic ring is 1. The van der Waals surface area contributed by atoms with E-state index in [-0.39, 0.29) is 5.91 Å². The summed E-state index contributed by atoms with van der Waals surface area (Å²) in [5.74, 6) is 0.0793. The summed E-state index contributed by atoms with van der Waals surface area (Å²) in [4.78, 5) is 12.2. The summed E-state index contributed by atoms with van der Waals surface area (Å²) in [5.41, 5.74) is 6.63. The topological polar surface area (TPSA) is 90.1 Å². The van der Waals surface area contributed by atoms with E-state index in [9.17, 15) is 4.79 Å². The molecule has 19 heavy (non-hydrogen) atoms. The highest BCUT2D eigenvalue weighted by atomic mass is 32.1. The summed E-state index contributed by atoms with van der Waals surface area (Å²) in [6.45, 7) is 4.09. The molecule has 0 aliphatic carbocycles. The summed E-state index contributed by atoms with van der Waals surface area (Å²) in [6.07, 6.45) is 0. The van der Waals surface area contributed by atoms with Crippen molar-refractivity contribution < 1.29 is 9.53 Å². The Kier molecular flexibility index (Phi) is 3.96. The van der Waals surface area contributed by atoms with Crippen molar-refractivity contribution in [1.29, 1.82) is 0 Å². The van der Waals surface area contributed by atoms with Crippen LogP contribution in [0.4, 0.5) is 10.8 Å². The van der Waals surface area contributed by atoms with Crippen molar-refractivity contribution in [2.75, 3.05) is 17.7 Å². The number of nitrogens with zero attached hydrogens (tertiary/aromatic N) is 2. The quantitative estimate of drug-likeness (QED) is 0.836. The van der Waals surface area contributed by atoms with E-state index in [0.29, 0.717) is 28.7 Å². The highest BCUT2D eigenvalue weighted by molar-refractivity contribution is 7.15. The molecule has 0 spiro atoms. The average molecular weight is 278 g/mol. The van der Waals surface area contributed by atoms with Crippen LogP contribution in [0.15, 0.2) is 18.2 Å². The number of nitrogens with two attached hydrogens (primary N) is 1. The van der Waals surface area contributed by atoms with Crippen molar-refractivity contribution in [1.82, 2.24) is 10.2 Å². The number of aromatic nitrogens is 2. The molecule has 0 atom stereocenters. The van der Waals surface area contributed by atoms with Gasteiger partial charge in [0.2, 0.25) is 5.13 Å². The normalized spacial score (nSPS) is 10.2. The van der Waals surface area contributed by atoms with Crippen molar-refractivity contribution in [3.8, 4) is 5.75 Å². The minimum atomic E-state index is -0.313. The molecule has 100 valence electrons. The third kappa shape index (κ3) is 3.00. The molecular formula is C12H14N4O2S. The molecule has 6 nitrogen and oxygen atoms in total. The second-order valence-electron chi connectivity index (χ2n) is 3.74. The van der Waals surface area contributed by atoms with Gasteiger partial charge < -0.3 is 10.5 Å². The lowest BCUT2D eigenvalue weighted by Gasteiger charge is -2.11. The fourth-order valence-corrected chi connectivity index (χ4v) is 2.14. The molecular weight excluding hydrogens is 264 g/mol. The van der Waals surface area contributed by atoms with Crippen molar-refractivity contribution in [3.05, 3.63) is 28.8 Å². The van der Waals surface area contributed by atoms with Crippen molar-refractivity contribution in [2.24, 2.45) is 0 Å². The molecule has 3 N–H and O–H groups in total. The van der Waals surface area contributed by atoms with Crippen LogP contribution in [0.5, 0.6) is 5.75 Å². The monoisotopic (exact) mass is 278 g/mol. The Balaban J connectivity index is 2.25. The number of rotatable bonds is 4. The van der Waals surface area contributed by atoms with Crippen LogP contribution in [0, 0.1) is 6.92 Å². The van der Waals surface area contributed by atoms with E-state index < -0.39 is 0 Å². The van der Waals surface area contributed by atoms with Gasteiger partial charge in [0.25, 0.3) is 5.91 Å². The number of ether oxygens (including phenoxy) is 1. The second-order valence-corrected chi connectivity index (χ2v) is 4.92. The minimum Gasteiger partial charge on any atom is -0.491 e. The van der Waals surface area contributed by atoms with Crippen molar-refractivity contribution in [3.63, 3.8) is 0 Å². The van der Waals surface area contributed by atoms with E-state index >= 15 is 0 Å². The van der Waals surface area contributed by atoms with Gasteiger partial charge in [-0.3, -0.25) is 10.1 Å². The van der Waals surface area contributed by atoms with Crippen LogP contribution in [-0.2, 0) is 0 Å². The van der Waals surface area contributed by atoms with E-state index in [2.05, 4.69) is 15.5 Å². The number of carbonyl (C=O) groups excluding carboxylic acids is 1. The van der Waals surface area contributed by atoms with Gasteiger partial charge in [0.05, 0.1) is 17.9 Å². The maximum Gasteiger partial charge on any atom is 0.261 e. The number of nitrogens with one attached hydrogen (secondary N) is 1. The maximum absolute atomic E-state index is 12.2. The van der Waals surface area contributed by atoms with Gasteiger partial charge in [0.1, 0.15) is 5.01 Å². The lowest BCUT2D eigenvalue weighted by atomic mass is 10.1. The fourth-order valence-electron chi connectivity index (χ4n) is 1.55. The molecule has 1 amide bonds. The summed E-state index contributed by atoms with van der Waals surface area (Å²) in [5, 5.41) is 11.6. The van der Waals surface area contributed by atoms with Crippen LogP contribution >= 0.6 is 11.3 Å². The first kappa shape index (κ1) is 13.3. The number of carbonyl (C=O) groups is 1. The molecule has 1 heterocycles. The molecule has 1 aromatic heterocycles. The second kappa shape index (κ2) is 5.66. The third-order valence-electron chi connectivity index (χ3n) is 2.33. The Bertz CT molecular complexity index is 597. The molecule has 0 aliphatic heterocycles. The zero-order chi connectivity index (χ0) is 13.8. The Morgan fingerprint density at radius 2 is 2.26 bits per heavy atom. The van der Waals surface area contributed by atoms with Gasteiger partial charge in [-0.25, -0.2) is 0 Å². The number of amides is 1. The third-order valence-corrected chi connectivity index (χ3v) is 3.08. The van der Waals surface area contributed by atoms with Crippen LogP contribution < -0.4 is 15.8 Å². The van der Waals surface area contributed by atoms with Gasteiger partial charge in [0.15, 0.2) is 5.75 Å². The lowest BCUT2D eigenvalue weighted by Crippen LogP contribution is -2.14. The van der Waals surface area contributed by atoms with E-state index in [0.717, 1.165) is 5.01 Å². The number of hydrogen-bond acceptors (Lipinski definition) is 6. The number of para-hydroxylation sites is 1. The highest BCUT2D eigenvalue weighted by Crippen LogP contribution is 2.27. The van der Waals surface area contributed by atoms with Gasteiger partial charge in [-0.05, 0) is 26.0 Å². The van der Waals surface area contributed by atoms with E-state index in [1.54, 1.807) is 18.2 Å².